The summed E-state index contributed by atoms with van der Waals surface area (Å²) in [7, 11) is 0. The van der Waals surface area contributed by atoms with Crippen LogP contribution in [0, 0.1) is 12.8 Å². The zero-order chi connectivity index (χ0) is 12.4. The maximum Gasteiger partial charge on any atom is 0.214 e. The van der Waals surface area contributed by atoms with E-state index in [0.29, 0.717) is 18.4 Å². The summed E-state index contributed by atoms with van der Waals surface area (Å²) in [6.45, 7) is 6.64. The monoisotopic (exact) mass is 234 g/mol. The zero-order valence-corrected chi connectivity index (χ0v) is 10.4. The van der Waals surface area contributed by atoms with Gasteiger partial charge in [0.1, 0.15) is 12.3 Å². The fraction of sp³-hybridized carbons (Fsp3) is 0.500. The first-order chi connectivity index (χ1) is 8.08. The Hall–Kier alpha value is -1.62. The lowest BCUT2D eigenvalue weighted by Gasteiger charge is -2.17. The van der Waals surface area contributed by atoms with Crippen molar-refractivity contribution in [2.75, 3.05) is 0 Å². The zero-order valence-electron chi connectivity index (χ0n) is 10.4. The Labute approximate surface area is 101 Å². The van der Waals surface area contributed by atoms with Crippen LogP contribution in [-0.2, 0) is 6.54 Å². The third kappa shape index (κ3) is 2.55. The summed E-state index contributed by atoms with van der Waals surface area (Å²) in [6, 6.07) is -0.0199. The van der Waals surface area contributed by atoms with Gasteiger partial charge in [-0.05, 0) is 12.8 Å². The number of nitrogens with zero attached hydrogens (tertiary/aromatic N) is 3. The van der Waals surface area contributed by atoms with E-state index in [1.807, 2.05) is 11.5 Å². The lowest BCUT2D eigenvalue weighted by Crippen LogP contribution is -2.20. The second kappa shape index (κ2) is 4.71. The lowest BCUT2D eigenvalue weighted by atomic mass is 10.0. The van der Waals surface area contributed by atoms with Crippen molar-refractivity contribution in [3.05, 3.63) is 36.1 Å². The Morgan fingerprint density at radius 2 is 2.18 bits per heavy atom. The largest absolute Gasteiger partial charge is 0.444 e. The van der Waals surface area contributed by atoms with Gasteiger partial charge in [-0.25, -0.2) is 9.97 Å². The summed E-state index contributed by atoms with van der Waals surface area (Å²) in [4.78, 5) is 8.32. The van der Waals surface area contributed by atoms with Gasteiger partial charge in [0.2, 0.25) is 5.89 Å². The summed E-state index contributed by atoms with van der Waals surface area (Å²) >= 11 is 0. The predicted octanol–water partition coefficient (Wildman–Crippen LogP) is 1.88. The highest BCUT2D eigenvalue weighted by molar-refractivity contribution is 5.07. The number of aryl methyl sites for hydroxylation is 1. The molecule has 2 aromatic rings. The topological polar surface area (TPSA) is 69.9 Å². The van der Waals surface area contributed by atoms with Crippen LogP contribution in [0.15, 0.2) is 23.1 Å². The van der Waals surface area contributed by atoms with Crippen LogP contribution in [0.1, 0.15) is 37.2 Å². The van der Waals surface area contributed by atoms with Crippen molar-refractivity contribution in [1.29, 1.82) is 0 Å². The van der Waals surface area contributed by atoms with E-state index in [1.165, 1.54) is 0 Å². The Bertz CT molecular complexity index is 486. The molecular weight excluding hydrogens is 216 g/mol. The van der Waals surface area contributed by atoms with Crippen LogP contribution in [0.2, 0.25) is 0 Å². The molecule has 0 aliphatic heterocycles. The molecule has 0 spiro atoms. The van der Waals surface area contributed by atoms with E-state index in [9.17, 15) is 0 Å². The molecule has 0 saturated heterocycles. The van der Waals surface area contributed by atoms with Gasteiger partial charge in [-0.1, -0.05) is 13.8 Å². The van der Waals surface area contributed by atoms with E-state index in [4.69, 9.17) is 10.2 Å². The van der Waals surface area contributed by atoms with E-state index < -0.39 is 0 Å². The highest BCUT2D eigenvalue weighted by atomic mass is 16.4. The molecule has 2 N–H and O–H groups in total. The van der Waals surface area contributed by atoms with Crippen molar-refractivity contribution in [2.24, 2.45) is 11.7 Å². The van der Waals surface area contributed by atoms with Crippen LogP contribution in [0.5, 0.6) is 0 Å². The van der Waals surface area contributed by atoms with E-state index in [1.54, 1.807) is 18.7 Å². The SMILES string of the molecule is Cc1cnc(Cn2cncc2C(N)C(C)C)o1. The van der Waals surface area contributed by atoms with E-state index in [2.05, 4.69) is 23.8 Å². The van der Waals surface area contributed by atoms with Crippen molar-refractivity contribution in [1.82, 2.24) is 14.5 Å². The third-order valence-corrected chi connectivity index (χ3v) is 2.78. The molecule has 1 atom stereocenters. The maximum atomic E-state index is 6.13. The average molecular weight is 234 g/mol. The second-order valence-corrected chi connectivity index (χ2v) is 4.58. The predicted molar refractivity (Wildman–Crippen MR) is 64.3 cm³/mol. The van der Waals surface area contributed by atoms with Gasteiger partial charge in [0.05, 0.1) is 18.2 Å². The molecule has 2 heterocycles. The van der Waals surface area contributed by atoms with Gasteiger partial charge < -0.3 is 14.7 Å². The molecule has 0 aliphatic rings. The van der Waals surface area contributed by atoms with E-state index in [-0.39, 0.29) is 6.04 Å². The molecule has 92 valence electrons. The molecule has 0 aliphatic carbocycles. The first kappa shape index (κ1) is 11.9. The van der Waals surface area contributed by atoms with Gasteiger partial charge >= 0.3 is 0 Å². The quantitative estimate of drug-likeness (QED) is 0.877. The molecule has 2 rings (SSSR count). The average Bonchev–Trinajstić information content (AvgIpc) is 2.87. The summed E-state index contributed by atoms with van der Waals surface area (Å²) in [6.07, 6.45) is 5.28. The van der Waals surface area contributed by atoms with Crippen molar-refractivity contribution in [2.45, 2.75) is 33.4 Å². The second-order valence-electron chi connectivity index (χ2n) is 4.58. The molecule has 1 unspecified atom stereocenters. The van der Waals surface area contributed by atoms with Gasteiger partial charge in [0, 0.05) is 12.2 Å². The van der Waals surface area contributed by atoms with E-state index >= 15 is 0 Å². The Morgan fingerprint density at radius 3 is 2.76 bits per heavy atom. The fourth-order valence-electron chi connectivity index (χ4n) is 1.70. The minimum atomic E-state index is -0.0199. The van der Waals surface area contributed by atoms with Crippen LogP contribution >= 0.6 is 0 Å². The highest BCUT2D eigenvalue weighted by Crippen LogP contribution is 2.19. The van der Waals surface area contributed by atoms with Crippen molar-refractivity contribution in [3.8, 4) is 0 Å². The minimum Gasteiger partial charge on any atom is -0.444 e. The van der Waals surface area contributed by atoms with Crippen molar-refractivity contribution >= 4 is 0 Å². The first-order valence-electron chi connectivity index (χ1n) is 5.75. The molecular formula is C12H18N4O. The molecule has 17 heavy (non-hydrogen) atoms. The summed E-state index contributed by atoms with van der Waals surface area (Å²) in [5.74, 6) is 1.87. The van der Waals surface area contributed by atoms with Gasteiger partial charge in [0.25, 0.3) is 0 Å². The van der Waals surface area contributed by atoms with E-state index in [0.717, 1.165) is 11.5 Å². The van der Waals surface area contributed by atoms with Crippen LogP contribution in [0.4, 0.5) is 0 Å². The number of aromatic nitrogens is 3. The molecule has 0 aromatic carbocycles. The Morgan fingerprint density at radius 1 is 1.41 bits per heavy atom. The molecule has 0 bridgehead atoms. The maximum absolute atomic E-state index is 6.13. The molecule has 2 aromatic heterocycles. The van der Waals surface area contributed by atoms with Crippen LogP contribution in [0.25, 0.3) is 0 Å². The Kier molecular flexibility index (Phi) is 3.28. The highest BCUT2D eigenvalue weighted by Gasteiger charge is 2.16. The summed E-state index contributed by atoms with van der Waals surface area (Å²) in [5, 5.41) is 0. The van der Waals surface area contributed by atoms with Gasteiger partial charge in [-0.2, -0.15) is 0 Å². The standard InChI is InChI=1S/C12H18N4O/c1-8(2)12(13)10-5-14-7-16(10)6-11-15-4-9(3)17-11/h4-5,7-8,12H,6,13H2,1-3H3. The molecule has 5 nitrogen and oxygen atoms in total. The molecule has 0 amide bonds. The number of oxazole rings is 1. The lowest BCUT2D eigenvalue weighted by molar-refractivity contribution is 0.437. The number of hydrogen-bond donors (Lipinski definition) is 1. The van der Waals surface area contributed by atoms with Gasteiger partial charge in [-0.15, -0.1) is 0 Å². The van der Waals surface area contributed by atoms with Crippen molar-refractivity contribution < 1.29 is 4.42 Å². The summed E-state index contributed by atoms with van der Waals surface area (Å²) in [5.41, 5.74) is 7.14. The van der Waals surface area contributed by atoms with Crippen LogP contribution in [0.3, 0.4) is 0 Å². The third-order valence-electron chi connectivity index (χ3n) is 2.78. The Balaban J connectivity index is 2.19. The minimum absolute atomic E-state index is 0.0199. The van der Waals surface area contributed by atoms with Crippen LogP contribution < -0.4 is 5.73 Å². The fourth-order valence-corrected chi connectivity index (χ4v) is 1.70. The number of hydrogen-bond acceptors (Lipinski definition) is 4. The van der Waals surface area contributed by atoms with Gasteiger partial charge in [-0.3, -0.25) is 0 Å². The van der Waals surface area contributed by atoms with Crippen molar-refractivity contribution in [3.63, 3.8) is 0 Å². The number of imidazole rings is 1. The number of nitrogens with two attached hydrogens (primary N) is 1. The first-order valence-corrected chi connectivity index (χ1v) is 5.75. The summed E-state index contributed by atoms with van der Waals surface area (Å²) < 4.78 is 7.43. The smallest absolute Gasteiger partial charge is 0.214 e. The van der Waals surface area contributed by atoms with Crippen LogP contribution in [-0.4, -0.2) is 14.5 Å². The number of rotatable bonds is 4. The molecule has 0 saturated carbocycles. The molecule has 0 fully saturated rings. The molecule has 5 heteroatoms. The molecule has 0 radical (unpaired) electrons. The van der Waals surface area contributed by atoms with Gasteiger partial charge in [0.15, 0.2) is 0 Å². The normalized spacial score (nSPS) is 13.2.